The zero-order chi connectivity index (χ0) is 9.68. The number of carbonyl (C=O) groups is 1. The van der Waals surface area contributed by atoms with E-state index in [1.54, 1.807) is 6.07 Å². The standard InChI is InChI=1S/C8H10N2O3/c11-7-2-1-6(10-4-7)3-9-5-8(12)13/h1-2,4,9,11H,3,5H2,(H,12,13). The molecule has 13 heavy (non-hydrogen) atoms. The first-order valence-corrected chi connectivity index (χ1v) is 3.75. The number of carboxylic acids is 1. The van der Waals surface area contributed by atoms with Crippen LogP contribution in [0.3, 0.4) is 0 Å². The van der Waals surface area contributed by atoms with Crippen molar-refractivity contribution in [1.82, 2.24) is 10.3 Å². The minimum Gasteiger partial charge on any atom is -0.506 e. The number of nitrogens with zero attached hydrogens (tertiary/aromatic N) is 1. The number of carboxylic acid groups (broad SMARTS) is 1. The summed E-state index contributed by atoms with van der Waals surface area (Å²) in [7, 11) is 0. The Hall–Kier alpha value is -1.62. The van der Waals surface area contributed by atoms with Crippen LogP contribution in [0.15, 0.2) is 18.3 Å². The maximum Gasteiger partial charge on any atom is 0.317 e. The topological polar surface area (TPSA) is 82.5 Å². The molecule has 0 aromatic carbocycles. The van der Waals surface area contributed by atoms with E-state index in [0.717, 1.165) is 0 Å². The van der Waals surface area contributed by atoms with E-state index in [1.165, 1.54) is 12.3 Å². The molecule has 0 radical (unpaired) electrons. The molecule has 0 spiro atoms. The van der Waals surface area contributed by atoms with Crippen molar-refractivity contribution in [3.05, 3.63) is 24.0 Å². The average Bonchev–Trinajstić information content (AvgIpc) is 2.08. The molecule has 0 saturated carbocycles. The zero-order valence-corrected chi connectivity index (χ0v) is 6.90. The minimum absolute atomic E-state index is 0.0947. The molecule has 1 aromatic rings. The Labute approximate surface area is 75.0 Å². The molecule has 0 saturated heterocycles. The van der Waals surface area contributed by atoms with Crippen LogP contribution in [0.1, 0.15) is 5.69 Å². The molecule has 0 amide bonds. The van der Waals surface area contributed by atoms with Crippen LogP contribution < -0.4 is 5.32 Å². The van der Waals surface area contributed by atoms with E-state index in [-0.39, 0.29) is 12.3 Å². The summed E-state index contributed by atoms with van der Waals surface area (Å²) >= 11 is 0. The van der Waals surface area contributed by atoms with Gasteiger partial charge in [-0.25, -0.2) is 0 Å². The van der Waals surface area contributed by atoms with Gasteiger partial charge in [-0.1, -0.05) is 0 Å². The number of aliphatic carboxylic acids is 1. The SMILES string of the molecule is O=C(O)CNCc1ccc(O)cn1. The summed E-state index contributed by atoms with van der Waals surface area (Å²) in [4.78, 5) is 14.0. The van der Waals surface area contributed by atoms with Gasteiger partial charge in [0.2, 0.25) is 0 Å². The summed E-state index contributed by atoms with van der Waals surface area (Å²) in [6.45, 7) is 0.287. The van der Waals surface area contributed by atoms with Crippen molar-refractivity contribution in [3.63, 3.8) is 0 Å². The van der Waals surface area contributed by atoms with E-state index in [0.29, 0.717) is 12.2 Å². The Balaban J connectivity index is 2.37. The van der Waals surface area contributed by atoms with Crippen molar-refractivity contribution in [3.8, 4) is 5.75 Å². The van der Waals surface area contributed by atoms with Gasteiger partial charge in [-0.2, -0.15) is 0 Å². The molecule has 1 rings (SSSR count). The molecule has 5 nitrogen and oxygen atoms in total. The summed E-state index contributed by atoms with van der Waals surface area (Å²) in [6, 6.07) is 3.13. The molecule has 1 heterocycles. The number of pyridine rings is 1. The molecule has 0 unspecified atom stereocenters. The van der Waals surface area contributed by atoms with Crippen molar-refractivity contribution in [2.75, 3.05) is 6.54 Å². The number of hydrogen-bond donors (Lipinski definition) is 3. The van der Waals surface area contributed by atoms with E-state index in [2.05, 4.69) is 10.3 Å². The van der Waals surface area contributed by atoms with Gasteiger partial charge in [0.15, 0.2) is 0 Å². The van der Waals surface area contributed by atoms with Crippen LogP contribution in [0.5, 0.6) is 5.75 Å². The fourth-order valence-corrected chi connectivity index (χ4v) is 0.819. The number of hydrogen-bond acceptors (Lipinski definition) is 4. The molecule has 0 aliphatic heterocycles. The van der Waals surface area contributed by atoms with Gasteiger partial charge in [0.05, 0.1) is 18.4 Å². The first kappa shape index (κ1) is 9.47. The molecule has 70 valence electrons. The van der Waals surface area contributed by atoms with Crippen molar-refractivity contribution in [2.45, 2.75) is 6.54 Å². The van der Waals surface area contributed by atoms with Crippen LogP contribution in [-0.4, -0.2) is 27.7 Å². The van der Waals surface area contributed by atoms with Crippen molar-refractivity contribution >= 4 is 5.97 Å². The van der Waals surface area contributed by atoms with Crippen LogP contribution in [0.2, 0.25) is 0 Å². The maximum atomic E-state index is 10.1. The summed E-state index contributed by atoms with van der Waals surface area (Å²) in [5.41, 5.74) is 0.694. The quantitative estimate of drug-likeness (QED) is 0.608. The third kappa shape index (κ3) is 3.53. The van der Waals surface area contributed by atoms with Gasteiger partial charge in [0, 0.05) is 6.54 Å². The highest BCUT2D eigenvalue weighted by atomic mass is 16.4. The Kier molecular flexibility index (Phi) is 3.22. The second-order valence-corrected chi connectivity index (χ2v) is 2.51. The fraction of sp³-hybridized carbons (Fsp3) is 0.250. The summed E-state index contributed by atoms with van der Waals surface area (Å²) < 4.78 is 0. The second kappa shape index (κ2) is 4.42. The number of aromatic hydroxyl groups is 1. The Morgan fingerprint density at radius 3 is 2.85 bits per heavy atom. The van der Waals surface area contributed by atoms with E-state index in [9.17, 15) is 4.79 Å². The predicted molar refractivity (Wildman–Crippen MR) is 45.2 cm³/mol. The lowest BCUT2D eigenvalue weighted by atomic mass is 10.3. The molecular formula is C8H10N2O3. The van der Waals surface area contributed by atoms with Gasteiger partial charge in [0.1, 0.15) is 5.75 Å². The van der Waals surface area contributed by atoms with Gasteiger partial charge in [-0.3, -0.25) is 9.78 Å². The molecule has 0 fully saturated rings. The van der Waals surface area contributed by atoms with Crippen molar-refractivity contribution < 1.29 is 15.0 Å². The monoisotopic (exact) mass is 182 g/mol. The first-order chi connectivity index (χ1) is 6.18. The van der Waals surface area contributed by atoms with Crippen LogP contribution in [-0.2, 0) is 11.3 Å². The molecule has 0 aliphatic carbocycles. The number of rotatable bonds is 4. The van der Waals surface area contributed by atoms with E-state index < -0.39 is 5.97 Å². The molecule has 3 N–H and O–H groups in total. The number of aromatic nitrogens is 1. The fourth-order valence-electron chi connectivity index (χ4n) is 0.819. The van der Waals surface area contributed by atoms with Crippen LogP contribution in [0, 0.1) is 0 Å². The second-order valence-electron chi connectivity index (χ2n) is 2.51. The zero-order valence-electron chi connectivity index (χ0n) is 6.90. The lowest BCUT2D eigenvalue weighted by molar-refractivity contribution is -0.135. The van der Waals surface area contributed by atoms with Crippen LogP contribution >= 0.6 is 0 Å². The molecule has 0 aliphatic rings. The van der Waals surface area contributed by atoms with E-state index in [1.807, 2.05) is 0 Å². The van der Waals surface area contributed by atoms with Crippen molar-refractivity contribution in [1.29, 1.82) is 0 Å². The molecule has 5 heteroatoms. The average molecular weight is 182 g/mol. The summed E-state index contributed by atoms with van der Waals surface area (Å²) in [6.07, 6.45) is 1.32. The minimum atomic E-state index is -0.904. The highest BCUT2D eigenvalue weighted by molar-refractivity contribution is 5.68. The highest BCUT2D eigenvalue weighted by Crippen LogP contribution is 2.05. The molecule has 0 atom stereocenters. The maximum absolute atomic E-state index is 10.1. The summed E-state index contributed by atoms with van der Waals surface area (Å²) in [5.74, 6) is -0.805. The molecule has 1 aromatic heterocycles. The molecule has 0 bridgehead atoms. The predicted octanol–water partition coefficient (Wildman–Crippen LogP) is -0.0386. The van der Waals surface area contributed by atoms with E-state index >= 15 is 0 Å². The Bertz CT molecular complexity index is 284. The Morgan fingerprint density at radius 1 is 1.54 bits per heavy atom. The van der Waals surface area contributed by atoms with Gasteiger partial charge in [0.25, 0.3) is 0 Å². The molecular weight excluding hydrogens is 172 g/mol. The largest absolute Gasteiger partial charge is 0.506 e. The third-order valence-electron chi connectivity index (χ3n) is 1.39. The van der Waals surface area contributed by atoms with Crippen LogP contribution in [0.25, 0.3) is 0 Å². The van der Waals surface area contributed by atoms with Gasteiger partial charge < -0.3 is 15.5 Å². The summed E-state index contributed by atoms with van der Waals surface area (Å²) in [5, 5.41) is 19.9. The van der Waals surface area contributed by atoms with Gasteiger partial charge in [-0.15, -0.1) is 0 Å². The first-order valence-electron chi connectivity index (χ1n) is 3.75. The normalized spacial score (nSPS) is 9.85. The Morgan fingerprint density at radius 2 is 2.31 bits per heavy atom. The van der Waals surface area contributed by atoms with E-state index in [4.69, 9.17) is 10.2 Å². The lowest BCUT2D eigenvalue weighted by Crippen LogP contribution is -2.22. The third-order valence-corrected chi connectivity index (χ3v) is 1.39. The highest BCUT2D eigenvalue weighted by Gasteiger charge is 1.97. The van der Waals surface area contributed by atoms with Gasteiger partial charge in [-0.05, 0) is 12.1 Å². The number of nitrogens with one attached hydrogen (secondary N) is 1. The van der Waals surface area contributed by atoms with Crippen LogP contribution in [0.4, 0.5) is 0 Å². The smallest absolute Gasteiger partial charge is 0.317 e. The lowest BCUT2D eigenvalue weighted by Gasteiger charge is -2.00. The van der Waals surface area contributed by atoms with Gasteiger partial charge >= 0.3 is 5.97 Å². The van der Waals surface area contributed by atoms with Crippen molar-refractivity contribution in [2.24, 2.45) is 0 Å².